The molecule has 2 aromatic rings. The molecule has 5 rings (SSSR count). The van der Waals surface area contributed by atoms with Crippen LogP contribution >= 0.6 is 0 Å². The number of carbonyl (C=O) groups excluding carboxylic acids is 2. The molecule has 0 bridgehead atoms. The van der Waals surface area contributed by atoms with Crippen molar-refractivity contribution in [2.75, 3.05) is 23.8 Å². The molecule has 3 aliphatic heterocycles. The van der Waals surface area contributed by atoms with Gasteiger partial charge in [0.25, 0.3) is 22.7 Å². The summed E-state index contributed by atoms with van der Waals surface area (Å²) < 4.78 is 40.2. The molecule has 0 radical (unpaired) electrons. The van der Waals surface area contributed by atoms with Crippen molar-refractivity contribution in [1.82, 2.24) is 0 Å². The number of hydrogen-bond donors (Lipinski definition) is 3. The molecule has 0 aliphatic carbocycles. The van der Waals surface area contributed by atoms with E-state index in [9.17, 15) is 60.7 Å². The Balaban J connectivity index is 1.60. The molecule has 312 valence electrons. The molecule has 0 saturated carbocycles. The van der Waals surface area contributed by atoms with E-state index in [0.29, 0.717) is 12.1 Å². The van der Waals surface area contributed by atoms with E-state index < -0.39 is 146 Å². The number of nitro benzene ring substituents is 4. The van der Waals surface area contributed by atoms with E-state index in [1.54, 1.807) is 13.8 Å². The van der Waals surface area contributed by atoms with Crippen molar-refractivity contribution in [2.45, 2.75) is 94.7 Å². The van der Waals surface area contributed by atoms with E-state index in [1.165, 1.54) is 0 Å². The predicted molar refractivity (Wildman–Crippen MR) is 189 cm³/mol. The quantitative estimate of drug-likeness (QED) is 0.0547. The Labute approximate surface area is 324 Å². The van der Waals surface area contributed by atoms with Gasteiger partial charge in [-0.15, -0.1) is 0 Å². The highest BCUT2D eigenvalue weighted by Crippen LogP contribution is 2.41. The summed E-state index contributed by atoms with van der Waals surface area (Å²) in [4.78, 5) is 71.0. The van der Waals surface area contributed by atoms with Gasteiger partial charge in [0.05, 0.1) is 50.5 Å². The van der Waals surface area contributed by atoms with Gasteiger partial charge in [0.15, 0.2) is 24.5 Å². The molecule has 10 atom stereocenters. The minimum Gasteiger partial charge on any atom is -0.463 e. The van der Waals surface area contributed by atoms with Crippen LogP contribution in [-0.2, 0) is 42.7 Å². The number of nitrogens with zero attached hydrogens (tertiary/aromatic N) is 7. The van der Waals surface area contributed by atoms with Crippen molar-refractivity contribution in [1.29, 1.82) is 0 Å². The molecule has 10 unspecified atom stereocenters. The van der Waals surface area contributed by atoms with Crippen LogP contribution in [0, 0.1) is 40.5 Å². The molecular weight excluding hydrogens is 786 g/mol. The largest absolute Gasteiger partial charge is 0.463 e. The second-order valence-electron chi connectivity index (χ2n) is 13.4. The number of aliphatic hydroxyl groups is 1. The van der Waals surface area contributed by atoms with Crippen LogP contribution < -0.4 is 10.6 Å². The molecule has 0 amide bonds. The van der Waals surface area contributed by atoms with Gasteiger partial charge in [-0.3, -0.25) is 50.0 Å². The molecule has 3 N–H and O–H groups in total. The lowest BCUT2D eigenvalue weighted by Crippen LogP contribution is -2.65. The van der Waals surface area contributed by atoms with Crippen LogP contribution in [0.5, 0.6) is 0 Å². The van der Waals surface area contributed by atoms with Gasteiger partial charge < -0.3 is 48.9 Å². The second-order valence-corrected chi connectivity index (χ2v) is 13.4. The van der Waals surface area contributed by atoms with Crippen LogP contribution in [-0.4, -0.2) is 117 Å². The van der Waals surface area contributed by atoms with Crippen molar-refractivity contribution >= 4 is 46.1 Å². The summed E-state index contributed by atoms with van der Waals surface area (Å²) >= 11 is 0. The maximum Gasteiger partial charge on any atom is 0.303 e. The second kappa shape index (κ2) is 17.4. The number of non-ortho nitro benzene ring substituents is 2. The molecule has 27 nitrogen and oxygen atoms in total. The lowest BCUT2D eigenvalue weighted by molar-refractivity contribution is -0.394. The Morgan fingerprint density at radius 2 is 1.47 bits per heavy atom. The van der Waals surface area contributed by atoms with Gasteiger partial charge >= 0.3 is 11.9 Å². The summed E-state index contributed by atoms with van der Waals surface area (Å²) in [5, 5.41) is 68.0. The molecule has 3 aliphatic rings. The Hall–Kier alpha value is -6.35. The molecular formula is C31H35N9O18. The van der Waals surface area contributed by atoms with E-state index in [0.717, 1.165) is 38.1 Å². The third kappa shape index (κ3) is 9.60. The number of azide groups is 1. The highest BCUT2D eigenvalue weighted by molar-refractivity contribution is 5.69. The van der Waals surface area contributed by atoms with Gasteiger partial charge in [-0.05, 0) is 31.5 Å². The average molecular weight is 822 g/mol. The van der Waals surface area contributed by atoms with E-state index >= 15 is 0 Å². The number of rotatable bonds is 16. The Kier molecular flexibility index (Phi) is 12.9. The Bertz CT molecular complexity index is 2010. The number of anilines is 2. The highest BCUT2D eigenvalue weighted by atomic mass is 16.8. The molecule has 0 aromatic heterocycles. The number of fused-ring (bicyclic) bond motifs is 1. The van der Waals surface area contributed by atoms with Crippen LogP contribution in [0.15, 0.2) is 41.5 Å². The fourth-order valence-electron chi connectivity index (χ4n) is 6.57. The average Bonchev–Trinajstić information content (AvgIpc) is 3.62. The number of aliphatic hydroxyl groups excluding tert-OH is 1. The van der Waals surface area contributed by atoms with Crippen molar-refractivity contribution < 1.29 is 67.5 Å². The maximum absolute atomic E-state index is 12.5. The van der Waals surface area contributed by atoms with E-state index in [1.807, 2.05) is 0 Å². The summed E-state index contributed by atoms with van der Waals surface area (Å²) in [5.74, 6) is -2.91. The van der Waals surface area contributed by atoms with Gasteiger partial charge in [-0.1, -0.05) is 5.11 Å². The van der Waals surface area contributed by atoms with Crippen molar-refractivity contribution in [2.24, 2.45) is 5.11 Å². The van der Waals surface area contributed by atoms with Crippen LogP contribution in [0.4, 0.5) is 34.1 Å². The van der Waals surface area contributed by atoms with Crippen molar-refractivity contribution in [3.63, 3.8) is 0 Å². The van der Waals surface area contributed by atoms with Gasteiger partial charge in [-0.25, -0.2) is 0 Å². The highest BCUT2D eigenvalue weighted by Gasteiger charge is 2.57. The standard InChI is InChI=1S/C31H35N9O18/c1-13(41)52-12-22-27(54-14(2)42)23(33-17-7-5-15(37(44)45)9-19(17)39(48)49)24(34-18-8-6-16(38(46)47)10-20(18)40(50)51)29(55-22)53-11-21(43)26-25(35-36-32)28-30(56-26)58-31(3,4)57-28/h5-10,21-30,33-34,43H,11-12H2,1-4H3. The third-order valence-electron chi connectivity index (χ3n) is 8.93. The van der Waals surface area contributed by atoms with Crippen molar-refractivity contribution in [3.05, 3.63) is 87.3 Å². The molecule has 0 spiro atoms. The molecule has 58 heavy (non-hydrogen) atoms. The normalized spacial score (nSPS) is 27.6. The van der Waals surface area contributed by atoms with Gasteiger partial charge in [0.2, 0.25) is 0 Å². The number of hydrogen-bond acceptors (Lipinski definition) is 21. The fourth-order valence-corrected chi connectivity index (χ4v) is 6.57. The van der Waals surface area contributed by atoms with E-state index in [4.69, 9.17) is 33.2 Å². The molecule has 3 heterocycles. The van der Waals surface area contributed by atoms with Crippen LogP contribution in [0.25, 0.3) is 10.4 Å². The summed E-state index contributed by atoms with van der Waals surface area (Å²) in [6.07, 6.45) is -9.86. The minimum absolute atomic E-state index is 0.402. The lowest BCUT2D eigenvalue weighted by atomic mass is 9.92. The number of carbonyl (C=O) groups is 2. The van der Waals surface area contributed by atoms with E-state index in [-0.39, 0.29) is 0 Å². The SMILES string of the molecule is CC(=O)OCC1OC(OCC(O)C2OC3OC(C)(C)OC3C2N=[N+]=[N-])C(Nc2ccc([N+](=O)[O-])cc2[N+](=O)[O-])C(Nc2ccc([N+](=O)[O-])cc2[N+](=O)[O-])C1OC(C)=O. The number of ether oxygens (including phenoxy) is 7. The Morgan fingerprint density at radius 3 is 1.97 bits per heavy atom. The van der Waals surface area contributed by atoms with Gasteiger partial charge in [0.1, 0.15) is 48.4 Å². The zero-order valence-corrected chi connectivity index (χ0v) is 30.7. The van der Waals surface area contributed by atoms with Gasteiger partial charge in [-0.2, -0.15) is 0 Å². The smallest absolute Gasteiger partial charge is 0.303 e. The first-order valence-electron chi connectivity index (χ1n) is 17.0. The van der Waals surface area contributed by atoms with E-state index in [2.05, 4.69) is 20.7 Å². The number of nitro groups is 4. The summed E-state index contributed by atoms with van der Waals surface area (Å²) in [5.41, 5.74) is 5.44. The molecule has 3 fully saturated rings. The minimum atomic E-state index is -1.77. The first kappa shape index (κ1) is 42.8. The van der Waals surface area contributed by atoms with Crippen LogP contribution in [0.2, 0.25) is 0 Å². The topological polar surface area (TPSA) is 364 Å². The first-order valence-corrected chi connectivity index (χ1v) is 17.0. The predicted octanol–water partition coefficient (Wildman–Crippen LogP) is 2.73. The summed E-state index contributed by atoms with van der Waals surface area (Å²) in [6, 6.07) is 0.727. The summed E-state index contributed by atoms with van der Waals surface area (Å²) in [6.45, 7) is 3.82. The first-order chi connectivity index (χ1) is 27.3. The monoisotopic (exact) mass is 821 g/mol. The Morgan fingerprint density at radius 1 is 0.897 bits per heavy atom. The molecule has 27 heteroatoms. The number of benzene rings is 2. The maximum atomic E-state index is 12.5. The lowest BCUT2D eigenvalue weighted by Gasteiger charge is -2.46. The zero-order chi connectivity index (χ0) is 42.6. The zero-order valence-electron chi connectivity index (χ0n) is 30.7. The van der Waals surface area contributed by atoms with Crippen LogP contribution in [0.3, 0.4) is 0 Å². The number of nitrogens with one attached hydrogen (secondary N) is 2. The molecule has 2 aromatic carbocycles. The van der Waals surface area contributed by atoms with Crippen molar-refractivity contribution in [3.8, 4) is 0 Å². The third-order valence-corrected chi connectivity index (χ3v) is 8.93. The summed E-state index contributed by atoms with van der Waals surface area (Å²) in [7, 11) is 0. The van der Waals surface area contributed by atoms with Gasteiger partial charge in [0, 0.05) is 30.9 Å². The number of esters is 2. The fraction of sp³-hybridized carbons (Fsp3) is 0.548. The van der Waals surface area contributed by atoms with Crippen LogP contribution in [0.1, 0.15) is 27.7 Å². The molecule has 3 saturated heterocycles.